The van der Waals surface area contributed by atoms with E-state index in [2.05, 4.69) is 19.2 Å². The second-order valence-electron chi connectivity index (χ2n) is 8.89. The highest BCUT2D eigenvalue weighted by molar-refractivity contribution is 5.94. The number of rotatable bonds is 6. The molecule has 8 heteroatoms. The quantitative estimate of drug-likeness (QED) is 0.402. The number of nitrogens with one attached hydrogen (secondary N) is 1. The first-order valence-electron chi connectivity index (χ1n) is 11.1. The van der Waals surface area contributed by atoms with E-state index in [4.69, 9.17) is 4.74 Å². The summed E-state index contributed by atoms with van der Waals surface area (Å²) in [4.78, 5) is 38.0. The second kappa shape index (κ2) is 9.05. The van der Waals surface area contributed by atoms with Crippen molar-refractivity contribution in [3.8, 4) is 0 Å². The number of benzene rings is 2. The molecule has 172 valence electrons. The zero-order valence-corrected chi connectivity index (χ0v) is 18.7. The summed E-state index contributed by atoms with van der Waals surface area (Å²) in [6, 6.07) is 15.6. The van der Waals surface area contributed by atoms with Gasteiger partial charge in [-0.25, -0.2) is 9.59 Å². The van der Waals surface area contributed by atoms with Crippen molar-refractivity contribution in [2.45, 2.75) is 38.8 Å². The number of carbonyl (C=O) groups excluding carboxylic acids is 2. The van der Waals surface area contributed by atoms with Crippen LogP contribution in [0.3, 0.4) is 0 Å². The standard InChI is InChI=1S/C25H27N3O5/c1-17(2)14-25(19-8-4-3-5-9-19)22-16-27(12-11-21(22)23(29)33-25)24(30)26-15-18-7-6-10-20(13-18)28(31)32/h3-10,13,17H,11-12,14-16H2,1-2H3,(H,26,30). The molecule has 0 radical (unpaired) electrons. The van der Waals surface area contributed by atoms with E-state index < -0.39 is 10.5 Å². The van der Waals surface area contributed by atoms with Crippen LogP contribution >= 0.6 is 0 Å². The van der Waals surface area contributed by atoms with Crippen molar-refractivity contribution in [3.05, 3.63) is 87.0 Å². The van der Waals surface area contributed by atoms with E-state index in [9.17, 15) is 19.7 Å². The van der Waals surface area contributed by atoms with Crippen LogP contribution in [-0.2, 0) is 21.7 Å². The molecule has 1 atom stereocenters. The maximum Gasteiger partial charge on any atom is 0.335 e. The van der Waals surface area contributed by atoms with Gasteiger partial charge < -0.3 is 15.0 Å². The second-order valence-corrected chi connectivity index (χ2v) is 8.89. The summed E-state index contributed by atoms with van der Waals surface area (Å²) < 4.78 is 6.05. The SMILES string of the molecule is CC(C)CC1(c2ccccc2)OC(=O)C2=C1CN(C(=O)NCc1cccc([N+](=O)[O-])c1)CC2. The van der Waals surface area contributed by atoms with Gasteiger partial charge in [0.1, 0.15) is 0 Å². The molecule has 0 saturated heterocycles. The van der Waals surface area contributed by atoms with E-state index in [0.29, 0.717) is 37.1 Å². The van der Waals surface area contributed by atoms with E-state index in [1.165, 1.54) is 12.1 Å². The number of carbonyl (C=O) groups is 2. The Morgan fingerprint density at radius 2 is 1.97 bits per heavy atom. The lowest BCUT2D eigenvalue weighted by Gasteiger charge is -2.37. The number of hydrogen-bond acceptors (Lipinski definition) is 5. The van der Waals surface area contributed by atoms with Gasteiger partial charge in [0.15, 0.2) is 5.60 Å². The molecular weight excluding hydrogens is 422 g/mol. The number of nitrogens with zero attached hydrogens (tertiary/aromatic N) is 2. The Labute approximate surface area is 192 Å². The predicted octanol–water partition coefficient (Wildman–Crippen LogP) is 4.31. The molecule has 0 fully saturated rings. The Hall–Kier alpha value is -3.68. The van der Waals surface area contributed by atoms with Gasteiger partial charge in [-0.3, -0.25) is 10.1 Å². The summed E-state index contributed by atoms with van der Waals surface area (Å²) in [5.41, 5.74) is 2.19. The molecule has 0 saturated carbocycles. The summed E-state index contributed by atoms with van der Waals surface area (Å²) in [5, 5.41) is 13.8. The van der Waals surface area contributed by atoms with Crippen LogP contribution in [0.1, 0.15) is 37.8 Å². The lowest BCUT2D eigenvalue weighted by Crippen LogP contribution is -2.46. The van der Waals surface area contributed by atoms with Crippen molar-refractivity contribution in [1.29, 1.82) is 0 Å². The van der Waals surface area contributed by atoms with Gasteiger partial charge in [0, 0.05) is 42.9 Å². The fourth-order valence-corrected chi connectivity index (χ4v) is 4.68. The smallest absolute Gasteiger partial charge is 0.335 e. The average Bonchev–Trinajstić information content (AvgIpc) is 3.09. The zero-order chi connectivity index (χ0) is 23.6. The van der Waals surface area contributed by atoms with E-state index in [0.717, 1.165) is 11.1 Å². The van der Waals surface area contributed by atoms with E-state index in [-0.39, 0.29) is 30.2 Å². The number of cyclic esters (lactones) is 1. The Morgan fingerprint density at radius 1 is 1.21 bits per heavy atom. The third-order valence-corrected chi connectivity index (χ3v) is 6.13. The van der Waals surface area contributed by atoms with E-state index in [1.807, 2.05) is 30.3 Å². The lowest BCUT2D eigenvalue weighted by atomic mass is 9.77. The minimum Gasteiger partial charge on any atom is -0.446 e. The van der Waals surface area contributed by atoms with Gasteiger partial charge in [-0.2, -0.15) is 0 Å². The van der Waals surface area contributed by atoms with Crippen LogP contribution < -0.4 is 5.32 Å². The Morgan fingerprint density at radius 3 is 2.67 bits per heavy atom. The molecule has 2 amide bonds. The van der Waals surface area contributed by atoms with Gasteiger partial charge >= 0.3 is 12.0 Å². The summed E-state index contributed by atoms with van der Waals surface area (Å²) in [6.45, 7) is 5.05. The Bertz CT molecular complexity index is 1110. The van der Waals surface area contributed by atoms with Crippen LogP contribution in [0.5, 0.6) is 0 Å². The van der Waals surface area contributed by atoms with Gasteiger partial charge in [-0.15, -0.1) is 0 Å². The molecule has 2 aliphatic rings. The number of non-ortho nitro benzene ring substituents is 1. The molecule has 2 aliphatic heterocycles. The summed E-state index contributed by atoms with van der Waals surface area (Å²) in [7, 11) is 0. The first-order valence-corrected chi connectivity index (χ1v) is 11.1. The molecule has 0 aliphatic carbocycles. The maximum absolute atomic E-state index is 13.0. The van der Waals surface area contributed by atoms with Gasteiger partial charge in [-0.1, -0.05) is 56.3 Å². The number of esters is 1. The van der Waals surface area contributed by atoms with Crippen LogP contribution in [0.2, 0.25) is 0 Å². The molecule has 1 N–H and O–H groups in total. The monoisotopic (exact) mass is 449 g/mol. The number of ether oxygens (including phenoxy) is 1. The third-order valence-electron chi connectivity index (χ3n) is 6.13. The first-order chi connectivity index (χ1) is 15.8. The summed E-state index contributed by atoms with van der Waals surface area (Å²) in [5.74, 6) is -0.0333. The molecule has 0 bridgehead atoms. The van der Waals surface area contributed by atoms with Crippen molar-refractivity contribution >= 4 is 17.7 Å². The number of hydrogen-bond donors (Lipinski definition) is 1. The highest BCUT2D eigenvalue weighted by Crippen LogP contribution is 2.48. The minimum atomic E-state index is -0.874. The Kier molecular flexibility index (Phi) is 6.18. The normalized spacial score (nSPS) is 20.0. The topological polar surface area (TPSA) is 102 Å². The fraction of sp³-hybridized carbons (Fsp3) is 0.360. The lowest BCUT2D eigenvalue weighted by molar-refractivity contribution is -0.384. The average molecular weight is 450 g/mol. The van der Waals surface area contributed by atoms with Crippen molar-refractivity contribution in [2.75, 3.05) is 13.1 Å². The van der Waals surface area contributed by atoms with Crippen LogP contribution in [0.4, 0.5) is 10.5 Å². The molecule has 0 aromatic heterocycles. The molecule has 2 heterocycles. The maximum atomic E-state index is 13.0. The van der Waals surface area contributed by atoms with Gasteiger partial charge in [0.05, 0.1) is 4.92 Å². The van der Waals surface area contributed by atoms with Crippen LogP contribution in [0.25, 0.3) is 0 Å². The van der Waals surface area contributed by atoms with E-state index >= 15 is 0 Å². The highest BCUT2D eigenvalue weighted by Gasteiger charge is 2.50. The van der Waals surface area contributed by atoms with Gasteiger partial charge in [-0.05, 0) is 29.9 Å². The number of nitro benzene ring substituents is 1. The molecular formula is C25H27N3O5. The number of amides is 2. The molecule has 0 spiro atoms. The van der Waals surface area contributed by atoms with Crippen molar-refractivity contribution in [1.82, 2.24) is 10.2 Å². The zero-order valence-electron chi connectivity index (χ0n) is 18.7. The Balaban J connectivity index is 1.54. The van der Waals surface area contributed by atoms with Crippen molar-refractivity contribution in [2.24, 2.45) is 5.92 Å². The summed E-state index contributed by atoms with van der Waals surface area (Å²) in [6.07, 6.45) is 1.07. The van der Waals surface area contributed by atoms with Crippen molar-refractivity contribution < 1.29 is 19.2 Å². The van der Waals surface area contributed by atoms with Gasteiger partial charge in [0.2, 0.25) is 0 Å². The highest BCUT2D eigenvalue weighted by atomic mass is 16.6. The first kappa shape index (κ1) is 22.5. The molecule has 2 aromatic carbocycles. The van der Waals surface area contributed by atoms with Crippen molar-refractivity contribution in [3.63, 3.8) is 0 Å². The molecule has 8 nitrogen and oxygen atoms in total. The van der Waals surface area contributed by atoms with Crippen LogP contribution in [0, 0.1) is 16.0 Å². The minimum absolute atomic E-state index is 0.0162. The third kappa shape index (κ3) is 4.46. The molecule has 1 unspecified atom stereocenters. The van der Waals surface area contributed by atoms with E-state index in [1.54, 1.807) is 17.0 Å². The number of nitro groups is 1. The summed E-state index contributed by atoms with van der Waals surface area (Å²) >= 11 is 0. The largest absolute Gasteiger partial charge is 0.446 e. The predicted molar refractivity (Wildman–Crippen MR) is 122 cm³/mol. The molecule has 4 rings (SSSR count). The van der Waals surface area contributed by atoms with Crippen LogP contribution in [0.15, 0.2) is 65.7 Å². The molecule has 33 heavy (non-hydrogen) atoms. The van der Waals surface area contributed by atoms with Gasteiger partial charge in [0.25, 0.3) is 5.69 Å². The fourth-order valence-electron chi connectivity index (χ4n) is 4.68. The number of urea groups is 1. The van der Waals surface area contributed by atoms with Crippen LogP contribution in [-0.4, -0.2) is 34.9 Å². The molecule has 2 aromatic rings.